The molecule has 1 N–H and O–H groups in total. The van der Waals surface area contributed by atoms with Crippen LogP contribution in [0.15, 0.2) is 18.2 Å². The molecule has 0 heterocycles. The zero-order valence-electron chi connectivity index (χ0n) is 11.0. The van der Waals surface area contributed by atoms with Crippen molar-refractivity contribution in [3.8, 4) is 6.07 Å². The Kier molecular flexibility index (Phi) is 5.11. The first-order chi connectivity index (χ1) is 8.49. The molecule has 0 amide bonds. The number of hydrogen-bond donors (Lipinski definition) is 1. The van der Waals surface area contributed by atoms with Crippen molar-refractivity contribution in [2.24, 2.45) is 5.92 Å². The van der Waals surface area contributed by atoms with Gasteiger partial charge in [-0.25, -0.2) is 4.39 Å². The normalized spacial score (nSPS) is 13.8. The van der Waals surface area contributed by atoms with E-state index in [1.54, 1.807) is 19.1 Å². The van der Waals surface area contributed by atoms with Crippen molar-refractivity contribution in [2.75, 3.05) is 18.0 Å². The van der Waals surface area contributed by atoms with Gasteiger partial charge in [0.1, 0.15) is 5.82 Å². The van der Waals surface area contributed by atoms with Crippen LogP contribution < -0.4 is 4.90 Å². The fourth-order valence-electron chi connectivity index (χ4n) is 1.81. The maximum absolute atomic E-state index is 14.0. The van der Waals surface area contributed by atoms with Crippen molar-refractivity contribution in [2.45, 2.75) is 26.9 Å². The molecule has 2 atom stereocenters. The summed E-state index contributed by atoms with van der Waals surface area (Å²) in [6.45, 7) is 6.47. The highest BCUT2D eigenvalue weighted by molar-refractivity contribution is 5.49. The summed E-state index contributed by atoms with van der Waals surface area (Å²) in [5, 5.41) is 18.2. The molecule has 2 unspecified atom stereocenters. The standard InChI is InChI=1S/C14H19FN2O/c1-4-17(9-10(2)8-16)14-6-5-12(11(3)18)7-13(14)15/h5-7,10-11,18H,4,9H2,1-3H3. The first kappa shape index (κ1) is 14.5. The van der Waals surface area contributed by atoms with E-state index in [9.17, 15) is 9.50 Å². The van der Waals surface area contributed by atoms with E-state index in [-0.39, 0.29) is 11.7 Å². The highest BCUT2D eigenvalue weighted by Crippen LogP contribution is 2.24. The average molecular weight is 250 g/mol. The number of halogens is 1. The molecule has 0 aromatic heterocycles. The second-order valence-electron chi connectivity index (χ2n) is 4.46. The van der Waals surface area contributed by atoms with E-state index >= 15 is 0 Å². The van der Waals surface area contributed by atoms with Crippen LogP contribution in [-0.2, 0) is 0 Å². The smallest absolute Gasteiger partial charge is 0.146 e. The summed E-state index contributed by atoms with van der Waals surface area (Å²) in [7, 11) is 0. The van der Waals surface area contributed by atoms with Crippen LogP contribution in [0, 0.1) is 23.1 Å². The van der Waals surface area contributed by atoms with Gasteiger partial charge in [-0.15, -0.1) is 0 Å². The Labute approximate surface area is 107 Å². The van der Waals surface area contributed by atoms with Crippen molar-refractivity contribution in [1.29, 1.82) is 5.26 Å². The number of benzene rings is 1. The molecule has 1 aromatic rings. The van der Waals surface area contributed by atoms with Gasteiger partial charge in [-0.3, -0.25) is 0 Å². The number of nitrogens with zero attached hydrogens (tertiary/aromatic N) is 2. The van der Waals surface area contributed by atoms with Gasteiger partial charge in [-0.05, 0) is 38.5 Å². The van der Waals surface area contributed by atoms with E-state index in [1.807, 2.05) is 18.7 Å². The SMILES string of the molecule is CCN(CC(C)C#N)c1ccc(C(C)O)cc1F. The number of aliphatic hydroxyl groups excluding tert-OH is 1. The molecule has 0 fully saturated rings. The third-order valence-electron chi connectivity index (χ3n) is 2.89. The highest BCUT2D eigenvalue weighted by atomic mass is 19.1. The molecule has 18 heavy (non-hydrogen) atoms. The molecule has 0 saturated carbocycles. The second kappa shape index (κ2) is 6.36. The monoisotopic (exact) mass is 250 g/mol. The van der Waals surface area contributed by atoms with Crippen molar-refractivity contribution in [3.63, 3.8) is 0 Å². The Morgan fingerprint density at radius 1 is 1.44 bits per heavy atom. The molecule has 0 aliphatic rings. The Balaban J connectivity index is 2.97. The van der Waals surface area contributed by atoms with Gasteiger partial charge in [0, 0.05) is 13.1 Å². The maximum Gasteiger partial charge on any atom is 0.146 e. The minimum Gasteiger partial charge on any atom is -0.389 e. The number of rotatable bonds is 5. The van der Waals surface area contributed by atoms with E-state index in [2.05, 4.69) is 6.07 Å². The first-order valence-corrected chi connectivity index (χ1v) is 6.11. The van der Waals surface area contributed by atoms with Gasteiger partial charge in [0.05, 0.1) is 23.8 Å². The minimum atomic E-state index is -0.679. The van der Waals surface area contributed by atoms with Gasteiger partial charge in [0.25, 0.3) is 0 Å². The summed E-state index contributed by atoms with van der Waals surface area (Å²) in [6, 6.07) is 6.86. The fraction of sp³-hybridized carbons (Fsp3) is 0.500. The Bertz CT molecular complexity index is 440. The van der Waals surface area contributed by atoms with Gasteiger partial charge in [0.2, 0.25) is 0 Å². The van der Waals surface area contributed by atoms with E-state index < -0.39 is 6.10 Å². The lowest BCUT2D eigenvalue weighted by atomic mass is 10.1. The van der Waals surface area contributed by atoms with Crippen molar-refractivity contribution in [1.82, 2.24) is 0 Å². The van der Waals surface area contributed by atoms with Crippen molar-refractivity contribution < 1.29 is 9.50 Å². The molecule has 0 aliphatic carbocycles. The molecule has 4 heteroatoms. The predicted molar refractivity (Wildman–Crippen MR) is 69.7 cm³/mol. The van der Waals surface area contributed by atoms with Crippen LogP contribution in [0.2, 0.25) is 0 Å². The van der Waals surface area contributed by atoms with Crippen molar-refractivity contribution in [3.05, 3.63) is 29.6 Å². The van der Waals surface area contributed by atoms with Crippen LogP contribution in [0.4, 0.5) is 10.1 Å². The summed E-state index contributed by atoms with van der Waals surface area (Å²) < 4.78 is 14.0. The summed E-state index contributed by atoms with van der Waals surface area (Å²) in [5.74, 6) is -0.513. The molecule has 1 aromatic carbocycles. The summed E-state index contributed by atoms with van der Waals surface area (Å²) in [5.41, 5.74) is 1.03. The molecule has 0 radical (unpaired) electrons. The zero-order chi connectivity index (χ0) is 13.7. The van der Waals surface area contributed by atoms with Crippen LogP contribution in [-0.4, -0.2) is 18.2 Å². The van der Waals surface area contributed by atoms with E-state index in [1.165, 1.54) is 6.07 Å². The minimum absolute atomic E-state index is 0.152. The Hall–Kier alpha value is -1.60. The largest absolute Gasteiger partial charge is 0.389 e. The average Bonchev–Trinajstić information content (AvgIpc) is 2.35. The molecule has 1 rings (SSSR count). The molecule has 98 valence electrons. The summed E-state index contributed by atoms with van der Waals surface area (Å²) >= 11 is 0. The summed E-state index contributed by atoms with van der Waals surface area (Å²) in [6.07, 6.45) is -0.679. The topological polar surface area (TPSA) is 47.3 Å². The van der Waals surface area contributed by atoms with E-state index in [0.29, 0.717) is 24.3 Å². The molecule has 0 saturated heterocycles. The molecular weight excluding hydrogens is 231 g/mol. The highest BCUT2D eigenvalue weighted by Gasteiger charge is 2.14. The summed E-state index contributed by atoms with van der Waals surface area (Å²) in [4.78, 5) is 1.83. The van der Waals surface area contributed by atoms with Crippen LogP contribution in [0.3, 0.4) is 0 Å². The second-order valence-corrected chi connectivity index (χ2v) is 4.46. The zero-order valence-corrected chi connectivity index (χ0v) is 11.0. The number of hydrogen-bond acceptors (Lipinski definition) is 3. The molecule has 3 nitrogen and oxygen atoms in total. The molecule has 0 spiro atoms. The van der Waals surface area contributed by atoms with Crippen LogP contribution in [0.5, 0.6) is 0 Å². The first-order valence-electron chi connectivity index (χ1n) is 6.11. The van der Waals surface area contributed by atoms with Gasteiger partial charge in [-0.1, -0.05) is 6.07 Å². The quantitative estimate of drug-likeness (QED) is 0.874. The number of aliphatic hydroxyl groups is 1. The van der Waals surface area contributed by atoms with Gasteiger partial charge < -0.3 is 10.0 Å². The van der Waals surface area contributed by atoms with E-state index in [4.69, 9.17) is 5.26 Å². The van der Waals surface area contributed by atoms with Crippen LogP contribution in [0.1, 0.15) is 32.4 Å². The molecular formula is C14H19FN2O. The predicted octanol–water partition coefficient (Wildman–Crippen LogP) is 2.86. The Morgan fingerprint density at radius 3 is 2.56 bits per heavy atom. The Morgan fingerprint density at radius 2 is 2.11 bits per heavy atom. The van der Waals surface area contributed by atoms with Crippen LogP contribution in [0.25, 0.3) is 0 Å². The van der Waals surface area contributed by atoms with Crippen molar-refractivity contribution >= 4 is 5.69 Å². The van der Waals surface area contributed by atoms with E-state index in [0.717, 1.165) is 0 Å². The van der Waals surface area contributed by atoms with Gasteiger partial charge in [0.15, 0.2) is 0 Å². The maximum atomic E-state index is 14.0. The molecule has 0 bridgehead atoms. The lowest BCUT2D eigenvalue weighted by Gasteiger charge is -2.25. The molecule has 0 aliphatic heterocycles. The third-order valence-corrected chi connectivity index (χ3v) is 2.89. The van der Waals surface area contributed by atoms with Gasteiger partial charge >= 0.3 is 0 Å². The number of anilines is 1. The van der Waals surface area contributed by atoms with Gasteiger partial charge in [-0.2, -0.15) is 5.26 Å². The fourth-order valence-corrected chi connectivity index (χ4v) is 1.81. The lowest BCUT2D eigenvalue weighted by molar-refractivity contribution is 0.199. The van der Waals surface area contributed by atoms with Crippen LogP contribution >= 0.6 is 0 Å². The number of nitriles is 1. The third kappa shape index (κ3) is 3.44. The lowest BCUT2D eigenvalue weighted by Crippen LogP contribution is -2.28.